The molecule has 4 aromatic rings. The van der Waals surface area contributed by atoms with Gasteiger partial charge in [-0.15, -0.1) is 0 Å². The van der Waals surface area contributed by atoms with Crippen LogP contribution in [0.3, 0.4) is 0 Å². The van der Waals surface area contributed by atoms with Crippen LogP contribution in [0.2, 0.25) is 0 Å². The molecule has 2 aliphatic carbocycles. The van der Waals surface area contributed by atoms with Crippen LogP contribution in [-0.4, -0.2) is 40.7 Å². The fourth-order valence-electron chi connectivity index (χ4n) is 7.17. The summed E-state index contributed by atoms with van der Waals surface area (Å²) in [5.74, 6) is 3.58. The highest BCUT2D eigenvalue weighted by Gasteiger charge is 2.60. The summed E-state index contributed by atoms with van der Waals surface area (Å²) in [5.41, 5.74) is 4.52. The van der Waals surface area contributed by atoms with Crippen molar-refractivity contribution >= 4 is 16.8 Å². The standard InChI is InChI=1S/C26H31N7O/c1-5-16-6-7-17-12-18(26(16,17)4)20-21-23(32-10-11-34-25(2,3)24(32)30-21)31-22(29-20)15-13-27-19-8-9-28-33(19)14-15/h8-9,13-14,16-18H,5-7,10-12H2,1-4H3. The molecule has 0 radical (unpaired) electrons. The molecule has 176 valence electrons. The summed E-state index contributed by atoms with van der Waals surface area (Å²) in [6, 6.07) is 1.90. The second-order valence-electron chi connectivity index (χ2n) is 11.1. The van der Waals surface area contributed by atoms with Gasteiger partial charge in [0.15, 0.2) is 17.1 Å². The predicted octanol–water partition coefficient (Wildman–Crippen LogP) is 4.73. The summed E-state index contributed by atoms with van der Waals surface area (Å²) in [7, 11) is 0. The summed E-state index contributed by atoms with van der Waals surface area (Å²) in [5, 5.41) is 4.37. The molecule has 7 rings (SSSR count). The smallest absolute Gasteiger partial charge is 0.165 e. The highest BCUT2D eigenvalue weighted by Crippen LogP contribution is 2.68. The molecule has 34 heavy (non-hydrogen) atoms. The monoisotopic (exact) mass is 457 g/mol. The van der Waals surface area contributed by atoms with E-state index in [0.717, 1.165) is 52.3 Å². The lowest BCUT2D eigenvalue weighted by Crippen LogP contribution is -2.46. The highest BCUT2D eigenvalue weighted by molar-refractivity contribution is 5.78. The first-order valence-corrected chi connectivity index (χ1v) is 12.6. The zero-order valence-corrected chi connectivity index (χ0v) is 20.3. The van der Waals surface area contributed by atoms with Gasteiger partial charge in [0, 0.05) is 30.9 Å². The molecule has 8 heteroatoms. The van der Waals surface area contributed by atoms with Crippen molar-refractivity contribution in [3.63, 3.8) is 0 Å². The van der Waals surface area contributed by atoms with Crippen LogP contribution >= 0.6 is 0 Å². The maximum Gasteiger partial charge on any atom is 0.165 e. The molecule has 2 saturated carbocycles. The van der Waals surface area contributed by atoms with Gasteiger partial charge >= 0.3 is 0 Å². The summed E-state index contributed by atoms with van der Waals surface area (Å²) < 4.78 is 10.1. The minimum absolute atomic E-state index is 0.285. The van der Waals surface area contributed by atoms with Crippen molar-refractivity contribution < 1.29 is 4.74 Å². The van der Waals surface area contributed by atoms with Gasteiger partial charge in [0.25, 0.3) is 0 Å². The molecule has 2 fully saturated rings. The van der Waals surface area contributed by atoms with Crippen LogP contribution in [-0.2, 0) is 16.9 Å². The Hall–Kier alpha value is -2.87. The lowest BCUT2D eigenvalue weighted by atomic mass is 9.51. The van der Waals surface area contributed by atoms with E-state index < -0.39 is 5.60 Å². The topological polar surface area (TPSA) is 83.0 Å². The first kappa shape index (κ1) is 20.5. The molecule has 0 N–H and O–H groups in total. The number of hydrogen-bond donors (Lipinski definition) is 0. The largest absolute Gasteiger partial charge is 0.366 e. The third-order valence-electron chi connectivity index (χ3n) is 9.16. The average Bonchev–Trinajstić information content (AvgIpc) is 3.50. The van der Waals surface area contributed by atoms with Gasteiger partial charge in [-0.3, -0.25) is 0 Å². The first-order valence-electron chi connectivity index (χ1n) is 12.6. The second kappa shape index (κ2) is 6.84. The summed E-state index contributed by atoms with van der Waals surface area (Å²) in [6.07, 6.45) is 10.7. The van der Waals surface area contributed by atoms with Crippen LogP contribution in [0.5, 0.6) is 0 Å². The number of nitrogens with zero attached hydrogens (tertiary/aromatic N) is 7. The molecule has 0 saturated heterocycles. The maximum absolute atomic E-state index is 6.09. The van der Waals surface area contributed by atoms with Crippen molar-refractivity contribution in [2.45, 2.75) is 71.4 Å². The van der Waals surface area contributed by atoms with E-state index in [9.17, 15) is 0 Å². The Bertz CT molecular complexity index is 1440. The van der Waals surface area contributed by atoms with Gasteiger partial charge in [0.1, 0.15) is 16.9 Å². The molecule has 5 heterocycles. The van der Waals surface area contributed by atoms with Crippen molar-refractivity contribution in [2.75, 3.05) is 6.61 Å². The number of imidazole rings is 1. The number of ether oxygens (including phenoxy) is 1. The fraction of sp³-hybridized carbons (Fsp3) is 0.577. The van der Waals surface area contributed by atoms with Crippen LogP contribution in [0.25, 0.3) is 28.2 Å². The van der Waals surface area contributed by atoms with E-state index in [4.69, 9.17) is 19.7 Å². The molecule has 8 nitrogen and oxygen atoms in total. The van der Waals surface area contributed by atoms with E-state index in [1.54, 1.807) is 10.7 Å². The molecule has 0 aromatic carbocycles. The van der Waals surface area contributed by atoms with Crippen molar-refractivity contribution in [1.29, 1.82) is 0 Å². The highest BCUT2D eigenvalue weighted by atomic mass is 16.5. The SMILES string of the molecule is CCC1CCC2CC(c3nc(-c4cnc5ccnn5c4)nc4c3nc3n4CCOC3(C)C)C12C. The average molecular weight is 458 g/mol. The zero-order valence-electron chi connectivity index (χ0n) is 20.3. The number of aromatic nitrogens is 7. The van der Waals surface area contributed by atoms with E-state index >= 15 is 0 Å². The van der Waals surface area contributed by atoms with Gasteiger partial charge in [-0.25, -0.2) is 24.5 Å². The van der Waals surface area contributed by atoms with E-state index in [1.807, 2.05) is 18.5 Å². The number of rotatable bonds is 3. The quantitative estimate of drug-likeness (QED) is 0.442. The van der Waals surface area contributed by atoms with Crippen LogP contribution in [0.4, 0.5) is 0 Å². The third kappa shape index (κ3) is 2.60. The van der Waals surface area contributed by atoms with E-state index in [2.05, 4.69) is 42.3 Å². The number of fused-ring (bicyclic) bond motifs is 5. The first-order chi connectivity index (χ1) is 16.4. The lowest BCUT2D eigenvalue weighted by Gasteiger charge is -2.53. The molecule has 4 aromatic heterocycles. The Morgan fingerprint density at radius 2 is 2.03 bits per heavy atom. The summed E-state index contributed by atoms with van der Waals surface area (Å²) in [4.78, 5) is 20.1. The third-order valence-corrected chi connectivity index (χ3v) is 9.16. The summed E-state index contributed by atoms with van der Waals surface area (Å²) >= 11 is 0. The van der Waals surface area contributed by atoms with E-state index in [-0.39, 0.29) is 5.41 Å². The van der Waals surface area contributed by atoms with Crippen LogP contribution in [0.15, 0.2) is 24.7 Å². The molecular weight excluding hydrogens is 426 g/mol. The normalized spacial score (nSPS) is 29.8. The van der Waals surface area contributed by atoms with Gasteiger partial charge in [0.2, 0.25) is 0 Å². The second-order valence-corrected chi connectivity index (χ2v) is 11.1. The minimum Gasteiger partial charge on any atom is -0.366 e. The van der Waals surface area contributed by atoms with Gasteiger partial charge < -0.3 is 9.30 Å². The minimum atomic E-state index is -0.447. The van der Waals surface area contributed by atoms with Crippen molar-refractivity contribution in [3.05, 3.63) is 36.2 Å². The fourth-order valence-corrected chi connectivity index (χ4v) is 7.17. The van der Waals surface area contributed by atoms with Crippen LogP contribution in [0.1, 0.15) is 70.8 Å². The maximum atomic E-state index is 6.09. The molecule has 0 amide bonds. The van der Waals surface area contributed by atoms with Crippen molar-refractivity contribution in [2.24, 2.45) is 17.3 Å². The Morgan fingerprint density at radius 3 is 2.88 bits per heavy atom. The molecule has 0 bridgehead atoms. The Kier molecular flexibility index (Phi) is 4.12. The molecule has 4 unspecified atom stereocenters. The van der Waals surface area contributed by atoms with E-state index in [0.29, 0.717) is 18.3 Å². The molecule has 0 spiro atoms. The summed E-state index contributed by atoms with van der Waals surface area (Å²) in [6.45, 7) is 10.4. The van der Waals surface area contributed by atoms with Crippen LogP contribution in [0, 0.1) is 17.3 Å². The van der Waals surface area contributed by atoms with Crippen molar-refractivity contribution in [3.8, 4) is 11.4 Å². The molecular formula is C26H31N7O. The molecule has 3 aliphatic rings. The van der Waals surface area contributed by atoms with E-state index in [1.165, 1.54) is 25.7 Å². The van der Waals surface area contributed by atoms with Gasteiger partial charge in [-0.05, 0) is 50.4 Å². The Balaban J connectivity index is 1.47. The van der Waals surface area contributed by atoms with Crippen molar-refractivity contribution in [1.82, 2.24) is 34.1 Å². The molecule has 1 aliphatic heterocycles. The van der Waals surface area contributed by atoms with Gasteiger partial charge in [0.05, 0.1) is 24.1 Å². The Labute approximate surface area is 198 Å². The molecule has 4 atom stereocenters. The number of hydrogen-bond acceptors (Lipinski definition) is 6. The Morgan fingerprint density at radius 1 is 1.15 bits per heavy atom. The zero-order chi connectivity index (χ0) is 23.2. The van der Waals surface area contributed by atoms with Gasteiger partial charge in [-0.2, -0.15) is 5.10 Å². The predicted molar refractivity (Wildman–Crippen MR) is 128 cm³/mol. The van der Waals surface area contributed by atoms with Gasteiger partial charge in [-0.1, -0.05) is 20.3 Å². The lowest BCUT2D eigenvalue weighted by molar-refractivity contribution is -0.0530. The van der Waals surface area contributed by atoms with Crippen LogP contribution < -0.4 is 0 Å².